The molecule has 0 atom stereocenters. The highest BCUT2D eigenvalue weighted by atomic mass is 35.5. The van der Waals surface area contributed by atoms with Crippen LogP contribution in [0.25, 0.3) is 10.9 Å². The SMILES string of the molecule is O=Cc1ccc2nc(Cl)cc(Cl)c2c1. The van der Waals surface area contributed by atoms with E-state index in [0.717, 1.165) is 11.7 Å². The maximum atomic E-state index is 10.5. The van der Waals surface area contributed by atoms with E-state index < -0.39 is 0 Å². The van der Waals surface area contributed by atoms with E-state index in [1.54, 1.807) is 24.3 Å². The quantitative estimate of drug-likeness (QED) is 0.551. The van der Waals surface area contributed by atoms with Gasteiger partial charge < -0.3 is 0 Å². The predicted molar refractivity (Wildman–Crippen MR) is 57.2 cm³/mol. The van der Waals surface area contributed by atoms with Crippen molar-refractivity contribution >= 4 is 40.4 Å². The van der Waals surface area contributed by atoms with Crippen LogP contribution in [0.15, 0.2) is 24.3 Å². The summed E-state index contributed by atoms with van der Waals surface area (Å²) in [5.41, 5.74) is 1.26. The molecule has 2 rings (SSSR count). The van der Waals surface area contributed by atoms with Crippen LogP contribution in [0, 0.1) is 0 Å². The van der Waals surface area contributed by atoms with Crippen LogP contribution in [0.1, 0.15) is 10.4 Å². The molecule has 1 aromatic carbocycles. The van der Waals surface area contributed by atoms with E-state index in [0.29, 0.717) is 21.3 Å². The lowest BCUT2D eigenvalue weighted by molar-refractivity contribution is 0.112. The topological polar surface area (TPSA) is 30.0 Å². The first-order chi connectivity index (χ1) is 6.70. The van der Waals surface area contributed by atoms with Gasteiger partial charge in [0.1, 0.15) is 11.4 Å². The van der Waals surface area contributed by atoms with Gasteiger partial charge in [0.2, 0.25) is 0 Å². The maximum Gasteiger partial charge on any atom is 0.150 e. The molecule has 1 heterocycles. The van der Waals surface area contributed by atoms with Gasteiger partial charge in [-0.2, -0.15) is 0 Å². The van der Waals surface area contributed by atoms with Crippen LogP contribution in [-0.2, 0) is 0 Å². The number of carbonyl (C=O) groups excluding carboxylic acids is 1. The molecule has 0 saturated carbocycles. The molecule has 0 N–H and O–H groups in total. The Morgan fingerprint density at radius 3 is 2.71 bits per heavy atom. The Labute approximate surface area is 90.5 Å². The fourth-order valence-corrected chi connectivity index (χ4v) is 1.76. The minimum Gasteiger partial charge on any atom is -0.298 e. The number of carbonyl (C=O) groups is 1. The van der Waals surface area contributed by atoms with Crippen LogP contribution in [0.2, 0.25) is 10.2 Å². The molecule has 0 radical (unpaired) electrons. The van der Waals surface area contributed by atoms with Crippen LogP contribution in [0.3, 0.4) is 0 Å². The number of aromatic nitrogens is 1. The van der Waals surface area contributed by atoms with Crippen molar-refractivity contribution < 1.29 is 4.79 Å². The van der Waals surface area contributed by atoms with E-state index in [9.17, 15) is 4.79 Å². The Bertz CT molecular complexity index is 511. The highest BCUT2D eigenvalue weighted by molar-refractivity contribution is 6.37. The first-order valence-electron chi connectivity index (χ1n) is 3.91. The summed E-state index contributed by atoms with van der Waals surface area (Å²) in [6, 6.07) is 6.64. The summed E-state index contributed by atoms with van der Waals surface area (Å²) in [6.07, 6.45) is 0.768. The molecule has 1 aromatic heterocycles. The lowest BCUT2D eigenvalue weighted by atomic mass is 10.1. The molecule has 70 valence electrons. The van der Waals surface area contributed by atoms with Gasteiger partial charge in [0.25, 0.3) is 0 Å². The fourth-order valence-electron chi connectivity index (χ4n) is 1.25. The molecule has 0 aliphatic rings. The Morgan fingerprint density at radius 1 is 1.21 bits per heavy atom. The zero-order valence-corrected chi connectivity index (χ0v) is 8.51. The summed E-state index contributed by atoms with van der Waals surface area (Å²) in [4.78, 5) is 14.6. The molecule has 0 aliphatic heterocycles. The van der Waals surface area contributed by atoms with E-state index in [-0.39, 0.29) is 0 Å². The van der Waals surface area contributed by atoms with Crippen molar-refractivity contribution in [3.63, 3.8) is 0 Å². The molecule has 2 aromatic rings. The number of aldehydes is 1. The summed E-state index contributed by atoms with van der Waals surface area (Å²) < 4.78 is 0. The highest BCUT2D eigenvalue weighted by Crippen LogP contribution is 2.25. The third-order valence-electron chi connectivity index (χ3n) is 1.89. The van der Waals surface area contributed by atoms with E-state index in [1.165, 1.54) is 0 Å². The standard InChI is InChI=1S/C10H5Cl2NO/c11-8-4-10(12)13-9-2-1-6(5-14)3-7(8)9/h1-5H. The molecule has 0 saturated heterocycles. The summed E-state index contributed by atoms with van der Waals surface area (Å²) >= 11 is 11.7. The van der Waals surface area contributed by atoms with E-state index in [4.69, 9.17) is 23.2 Å². The van der Waals surface area contributed by atoms with Crippen LogP contribution in [-0.4, -0.2) is 11.3 Å². The lowest BCUT2D eigenvalue weighted by Crippen LogP contribution is -1.84. The van der Waals surface area contributed by atoms with Gasteiger partial charge >= 0.3 is 0 Å². The minimum atomic E-state index is 0.348. The van der Waals surface area contributed by atoms with Gasteiger partial charge in [-0.05, 0) is 24.3 Å². The van der Waals surface area contributed by atoms with Gasteiger partial charge in [-0.15, -0.1) is 0 Å². The third kappa shape index (κ3) is 1.59. The Kier molecular flexibility index (Phi) is 2.40. The van der Waals surface area contributed by atoms with Crippen LogP contribution in [0.5, 0.6) is 0 Å². The molecule has 2 nitrogen and oxygen atoms in total. The van der Waals surface area contributed by atoms with Crippen molar-refractivity contribution in [3.8, 4) is 0 Å². The van der Waals surface area contributed by atoms with E-state index >= 15 is 0 Å². The molecular weight excluding hydrogens is 221 g/mol. The molecule has 0 bridgehead atoms. The van der Waals surface area contributed by atoms with E-state index in [1.807, 2.05) is 0 Å². The fraction of sp³-hybridized carbons (Fsp3) is 0. The monoisotopic (exact) mass is 225 g/mol. The van der Waals surface area contributed by atoms with Crippen molar-refractivity contribution in [2.75, 3.05) is 0 Å². The number of rotatable bonds is 1. The third-order valence-corrected chi connectivity index (χ3v) is 2.39. The van der Waals surface area contributed by atoms with Gasteiger partial charge in [0.15, 0.2) is 0 Å². The van der Waals surface area contributed by atoms with Gasteiger partial charge in [0.05, 0.1) is 10.5 Å². The summed E-state index contributed by atoms with van der Waals surface area (Å²) in [7, 11) is 0. The molecule has 0 fully saturated rings. The number of hydrogen-bond acceptors (Lipinski definition) is 2. The molecular formula is C10H5Cl2NO. The van der Waals surface area contributed by atoms with Crippen LogP contribution in [0.4, 0.5) is 0 Å². The Balaban J connectivity index is 2.81. The molecule has 0 unspecified atom stereocenters. The average Bonchev–Trinajstić information content (AvgIpc) is 2.17. The zero-order valence-electron chi connectivity index (χ0n) is 7.00. The second-order valence-corrected chi connectivity index (χ2v) is 3.62. The summed E-state index contributed by atoms with van der Waals surface area (Å²) in [5, 5.41) is 1.59. The van der Waals surface area contributed by atoms with Crippen molar-refractivity contribution in [2.45, 2.75) is 0 Å². The molecule has 0 spiro atoms. The predicted octanol–water partition coefficient (Wildman–Crippen LogP) is 3.35. The number of benzene rings is 1. The first kappa shape index (κ1) is 9.44. The second kappa shape index (κ2) is 3.56. The van der Waals surface area contributed by atoms with E-state index in [2.05, 4.69) is 4.98 Å². The molecule has 0 aliphatic carbocycles. The normalized spacial score (nSPS) is 10.4. The zero-order chi connectivity index (χ0) is 10.1. The Morgan fingerprint density at radius 2 is 2.00 bits per heavy atom. The number of fused-ring (bicyclic) bond motifs is 1. The highest BCUT2D eigenvalue weighted by Gasteiger charge is 2.03. The lowest BCUT2D eigenvalue weighted by Gasteiger charge is -2.01. The number of pyridine rings is 1. The van der Waals surface area contributed by atoms with Crippen molar-refractivity contribution in [3.05, 3.63) is 40.0 Å². The van der Waals surface area contributed by atoms with Gasteiger partial charge in [-0.25, -0.2) is 4.98 Å². The van der Waals surface area contributed by atoms with Gasteiger partial charge in [-0.1, -0.05) is 23.2 Å². The van der Waals surface area contributed by atoms with Crippen LogP contribution < -0.4 is 0 Å². The largest absolute Gasteiger partial charge is 0.298 e. The van der Waals surface area contributed by atoms with Gasteiger partial charge in [-0.3, -0.25) is 4.79 Å². The summed E-state index contributed by atoms with van der Waals surface area (Å²) in [6.45, 7) is 0. The maximum absolute atomic E-state index is 10.5. The molecule has 4 heteroatoms. The first-order valence-corrected chi connectivity index (χ1v) is 4.67. The van der Waals surface area contributed by atoms with Crippen molar-refractivity contribution in [1.82, 2.24) is 4.98 Å². The Hall–Kier alpha value is -1.12. The van der Waals surface area contributed by atoms with Crippen molar-refractivity contribution in [2.24, 2.45) is 0 Å². The average molecular weight is 226 g/mol. The number of hydrogen-bond donors (Lipinski definition) is 0. The van der Waals surface area contributed by atoms with Crippen LogP contribution >= 0.6 is 23.2 Å². The summed E-state index contributed by atoms with van der Waals surface area (Å²) in [5.74, 6) is 0. The number of halogens is 2. The smallest absolute Gasteiger partial charge is 0.150 e. The minimum absolute atomic E-state index is 0.348. The van der Waals surface area contributed by atoms with Gasteiger partial charge in [0, 0.05) is 10.9 Å². The molecule has 0 amide bonds. The molecule has 14 heavy (non-hydrogen) atoms. The number of nitrogens with zero attached hydrogens (tertiary/aromatic N) is 1. The second-order valence-electron chi connectivity index (χ2n) is 2.82. The van der Waals surface area contributed by atoms with Crippen molar-refractivity contribution in [1.29, 1.82) is 0 Å².